The average molecular weight is 235 g/mol. The van der Waals surface area contributed by atoms with Crippen LogP contribution in [0.15, 0.2) is 30.3 Å². The van der Waals surface area contributed by atoms with E-state index in [-0.39, 0.29) is 12.7 Å². The first kappa shape index (κ1) is 12.6. The molecule has 3 heteroatoms. The largest absolute Gasteiger partial charge is 0.395 e. The zero-order chi connectivity index (χ0) is 12.1. The van der Waals surface area contributed by atoms with Gasteiger partial charge in [-0.15, -0.1) is 0 Å². The fraction of sp³-hybridized carbons (Fsp3) is 0.571. The van der Waals surface area contributed by atoms with Crippen molar-refractivity contribution in [2.75, 3.05) is 26.8 Å². The van der Waals surface area contributed by atoms with Crippen LogP contribution in [0.25, 0.3) is 0 Å². The number of nitrogens with zero attached hydrogens (tertiary/aromatic N) is 1. The van der Waals surface area contributed by atoms with E-state index in [4.69, 9.17) is 9.84 Å². The Labute approximate surface area is 103 Å². The predicted molar refractivity (Wildman–Crippen MR) is 67.9 cm³/mol. The van der Waals surface area contributed by atoms with Crippen molar-refractivity contribution in [2.45, 2.75) is 25.0 Å². The predicted octanol–water partition coefficient (Wildman–Crippen LogP) is 1.83. The molecule has 1 aliphatic carbocycles. The lowest BCUT2D eigenvalue weighted by atomic mass is 10.1. The van der Waals surface area contributed by atoms with Crippen molar-refractivity contribution in [3.8, 4) is 0 Å². The second kappa shape index (κ2) is 6.15. The minimum absolute atomic E-state index is 0.100. The molecule has 1 saturated carbocycles. The highest BCUT2D eigenvalue weighted by Crippen LogP contribution is 2.29. The summed E-state index contributed by atoms with van der Waals surface area (Å²) in [5.74, 6) is 0. The van der Waals surface area contributed by atoms with E-state index in [0.717, 1.165) is 13.1 Å². The van der Waals surface area contributed by atoms with Crippen molar-refractivity contribution in [3.63, 3.8) is 0 Å². The molecule has 1 aromatic carbocycles. The summed E-state index contributed by atoms with van der Waals surface area (Å²) >= 11 is 0. The molecule has 17 heavy (non-hydrogen) atoms. The smallest absolute Gasteiger partial charge is 0.0948 e. The maximum absolute atomic E-state index is 9.09. The van der Waals surface area contributed by atoms with Crippen molar-refractivity contribution in [3.05, 3.63) is 35.9 Å². The summed E-state index contributed by atoms with van der Waals surface area (Å²) < 4.78 is 5.57. The van der Waals surface area contributed by atoms with E-state index in [9.17, 15) is 0 Å². The Bertz CT molecular complexity index is 324. The lowest BCUT2D eigenvalue weighted by Crippen LogP contribution is -2.33. The number of hydrogen-bond acceptors (Lipinski definition) is 3. The van der Waals surface area contributed by atoms with Gasteiger partial charge in [0.2, 0.25) is 0 Å². The Hall–Kier alpha value is -0.900. The summed E-state index contributed by atoms with van der Waals surface area (Å²) in [7, 11) is 1.75. The molecule has 0 aliphatic heterocycles. The van der Waals surface area contributed by atoms with Crippen LogP contribution in [0.5, 0.6) is 0 Å². The molecule has 0 radical (unpaired) electrons. The van der Waals surface area contributed by atoms with Crippen LogP contribution >= 0.6 is 0 Å². The second-order valence-electron chi connectivity index (χ2n) is 4.58. The first-order valence-corrected chi connectivity index (χ1v) is 6.27. The van der Waals surface area contributed by atoms with Gasteiger partial charge in [0, 0.05) is 26.2 Å². The minimum atomic E-state index is 0.100. The van der Waals surface area contributed by atoms with Crippen LogP contribution in [0.3, 0.4) is 0 Å². The third-order valence-corrected chi connectivity index (χ3v) is 3.31. The van der Waals surface area contributed by atoms with Crippen molar-refractivity contribution in [1.29, 1.82) is 0 Å². The van der Waals surface area contributed by atoms with Gasteiger partial charge in [-0.1, -0.05) is 30.3 Å². The van der Waals surface area contributed by atoms with Crippen LogP contribution in [-0.4, -0.2) is 42.9 Å². The number of aliphatic hydroxyl groups is 1. The van der Waals surface area contributed by atoms with E-state index in [1.54, 1.807) is 7.11 Å². The summed E-state index contributed by atoms with van der Waals surface area (Å²) in [4.78, 5) is 2.33. The van der Waals surface area contributed by atoms with Gasteiger partial charge >= 0.3 is 0 Å². The van der Waals surface area contributed by atoms with Crippen molar-refractivity contribution >= 4 is 0 Å². The molecule has 94 valence electrons. The summed E-state index contributed by atoms with van der Waals surface area (Å²) in [5, 5.41) is 9.09. The molecule has 1 N–H and O–H groups in total. The number of ether oxygens (including phenoxy) is 1. The lowest BCUT2D eigenvalue weighted by molar-refractivity contribution is 0.0542. The van der Waals surface area contributed by atoms with Gasteiger partial charge in [0.15, 0.2) is 0 Å². The summed E-state index contributed by atoms with van der Waals surface area (Å²) in [5.41, 5.74) is 1.21. The van der Waals surface area contributed by atoms with E-state index in [0.29, 0.717) is 6.04 Å². The lowest BCUT2D eigenvalue weighted by Gasteiger charge is -2.26. The summed E-state index contributed by atoms with van der Waals surface area (Å²) in [6.07, 6.45) is 2.61. The Kier molecular flexibility index (Phi) is 4.54. The molecule has 0 bridgehead atoms. The van der Waals surface area contributed by atoms with E-state index < -0.39 is 0 Å². The molecule has 0 spiro atoms. The number of aliphatic hydroxyl groups excluding tert-OH is 1. The van der Waals surface area contributed by atoms with Crippen LogP contribution in [0.4, 0.5) is 0 Å². The third kappa shape index (κ3) is 3.53. The van der Waals surface area contributed by atoms with Gasteiger partial charge in [0.25, 0.3) is 0 Å². The standard InChI is InChI=1S/C14H21NO2/c1-17-14(12-5-3-2-4-6-12)11-15(9-10-16)13-7-8-13/h2-6,13-14,16H,7-11H2,1H3/t14-/m1/s1. The Morgan fingerprint density at radius 1 is 1.35 bits per heavy atom. The zero-order valence-electron chi connectivity index (χ0n) is 10.4. The van der Waals surface area contributed by atoms with Crippen LogP contribution < -0.4 is 0 Å². The maximum Gasteiger partial charge on any atom is 0.0948 e. The molecular weight excluding hydrogens is 214 g/mol. The number of benzene rings is 1. The zero-order valence-corrected chi connectivity index (χ0v) is 10.4. The number of methoxy groups -OCH3 is 1. The molecule has 0 amide bonds. The second-order valence-corrected chi connectivity index (χ2v) is 4.58. The highest BCUT2D eigenvalue weighted by atomic mass is 16.5. The van der Waals surface area contributed by atoms with Gasteiger partial charge in [-0.3, -0.25) is 4.90 Å². The van der Waals surface area contributed by atoms with Crippen molar-refractivity contribution in [2.24, 2.45) is 0 Å². The quantitative estimate of drug-likeness (QED) is 0.782. The van der Waals surface area contributed by atoms with Gasteiger partial charge in [0.1, 0.15) is 0 Å². The molecule has 0 aromatic heterocycles. The Morgan fingerprint density at radius 2 is 2.06 bits per heavy atom. The highest BCUT2D eigenvalue weighted by Gasteiger charge is 2.30. The van der Waals surface area contributed by atoms with Gasteiger partial charge < -0.3 is 9.84 Å². The molecule has 1 aromatic rings. The van der Waals surface area contributed by atoms with Gasteiger partial charge in [-0.25, -0.2) is 0 Å². The summed E-state index contributed by atoms with van der Waals surface area (Å²) in [6.45, 7) is 1.84. The monoisotopic (exact) mass is 235 g/mol. The van der Waals surface area contributed by atoms with Crippen LogP contribution in [-0.2, 0) is 4.74 Å². The first-order valence-electron chi connectivity index (χ1n) is 6.27. The minimum Gasteiger partial charge on any atom is -0.395 e. The van der Waals surface area contributed by atoms with Crippen LogP contribution in [0.2, 0.25) is 0 Å². The maximum atomic E-state index is 9.09. The molecule has 0 unspecified atom stereocenters. The van der Waals surface area contributed by atoms with Crippen molar-refractivity contribution < 1.29 is 9.84 Å². The first-order chi connectivity index (χ1) is 8.35. The van der Waals surface area contributed by atoms with E-state index >= 15 is 0 Å². The van der Waals surface area contributed by atoms with Gasteiger partial charge in [-0.05, 0) is 18.4 Å². The molecule has 1 atom stereocenters. The molecular formula is C14H21NO2. The van der Waals surface area contributed by atoms with E-state index in [1.807, 2.05) is 18.2 Å². The van der Waals surface area contributed by atoms with Gasteiger partial charge in [0.05, 0.1) is 12.7 Å². The molecule has 1 aliphatic rings. The fourth-order valence-corrected chi connectivity index (χ4v) is 2.19. The molecule has 0 saturated heterocycles. The summed E-state index contributed by atoms with van der Waals surface area (Å²) in [6, 6.07) is 10.9. The third-order valence-electron chi connectivity index (χ3n) is 3.31. The Morgan fingerprint density at radius 3 is 2.59 bits per heavy atom. The molecule has 0 heterocycles. The fourth-order valence-electron chi connectivity index (χ4n) is 2.19. The molecule has 3 nitrogen and oxygen atoms in total. The van der Waals surface area contributed by atoms with Crippen molar-refractivity contribution in [1.82, 2.24) is 4.90 Å². The average Bonchev–Trinajstić information content (AvgIpc) is 3.20. The Balaban J connectivity index is 1.98. The normalized spacial score (nSPS) is 17.4. The number of rotatable bonds is 7. The van der Waals surface area contributed by atoms with Crippen LogP contribution in [0.1, 0.15) is 24.5 Å². The van der Waals surface area contributed by atoms with Gasteiger partial charge in [-0.2, -0.15) is 0 Å². The highest BCUT2D eigenvalue weighted by molar-refractivity contribution is 5.18. The molecule has 1 fully saturated rings. The molecule has 2 rings (SSSR count). The SMILES string of the molecule is CO[C@H](CN(CCO)C1CC1)c1ccccc1. The van der Waals surface area contributed by atoms with Crippen LogP contribution in [0, 0.1) is 0 Å². The van der Waals surface area contributed by atoms with E-state index in [1.165, 1.54) is 18.4 Å². The van der Waals surface area contributed by atoms with E-state index in [2.05, 4.69) is 17.0 Å². The topological polar surface area (TPSA) is 32.7 Å². The number of hydrogen-bond donors (Lipinski definition) is 1.